The van der Waals surface area contributed by atoms with Gasteiger partial charge in [0.05, 0.1) is 12.5 Å². The number of hydrogen-bond acceptors (Lipinski definition) is 3. The van der Waals surface area contributed by atoms with Crippen LogP contribution in [0.3, 0.4) is 0 Å². The van der Waals surface area contributed by atoms with Crippen molar-refractivity contribution in [1.82, 2.24) is 5.32 Å². The van der Waals surface area contributed by atoms with Gasteiger partial charge in [0.15, 0.2) is 0 Å². The van der Waals surface area contributed by atoms with Crippen molar-refractivity contribution in [3.05, 3.63) is 29.8 Å². The van der Waals surface area contributed by atoms with Crippen LogP contribution < -0.4 is 10.6 Å². The van der Waals surface area contributed by atoms with Crippen molar-refractivity contribution in [2.45, 2.75) is 13.3 Å². The van der Waals surface area contributed by atoms with Gasteiger partial charge in [-0.3, -0.25) is 4.79 Å². The summed E-state index contributed by atoms with van der Waals surface area (Å²) in [5.41, 5.74) is 1.67. The van der Waals surface area contributed by atoms with Gasteiger partial charge in [0, 0.05) is 19.3 Å². The molecule has 0 fully saturated rings. The lowest BCUT2D eigenvalue weighted by atomic mass is 10.1. The number of carbonyl (C=O) groups is 2. The third-order valence-corrected chi connectivity index (χ3v) is 2.83. The molecule has 0 heterocycles. The second kappa shape index (κ2) is 8.16. The number of methoxy groups -OCH3 is 1. The van der Waals surface area contributed by atoms with Gasteiger partial charge in [0.1, 0.15) is 0 Å². The Hall–Kier alpha value is -2.08. The maximum absolute atomic E-state index is 11.7. The molecular weight excluding hydrogens is 260 g/mol. The molecule has 0 saturated carbocycles. The van der Waals surface area contributed by atoms with E-state index in [0.29, 0.717) is 18.7 Å². The third kappa shape index (κ3) is 5.27. The molecule has 0 aliphatic rings. The lowest BCUT2D eigenvalue weighted by Gasteiger charge is -2.13. The molecule has 6 nitrogen and oxygen atoms in total. The maximum atomic E-state index is 11.7. The molecule has 110 valence electrons. The SMILES string of the molecule is COCCc1ccccc1NC(=O)NCC(C)C(=O)O. The van der Waals surface area contributed by atoms with Crippen LogP contribution in [-0.4, -0.2) is 37.4 Å². The summed E-state index contributed by atoms with van der Waals surface area (Å²) in [6, 6.07) is 7.01. The van der Waals surface area contributed by atoms with Crippen LogP contribution in [0, 0.1) is 5.92 Å². The zero-order valence-corrected chi connectivity index (χ0v) is 11.7. The van der Waals surface area contributed by atoms with Crippen LogP contribution in [0.5, 0.6) is 0 Å². The van der Waals surface area contributed by atoms with Crippen LogP contribution in [0.4, 0.5) is 10.5 Å². The summed E-state index contributed by atoms with van der Waals surface area (Å²) in [7, 11) is 1.62. The zero-order chi connectivity index (χ0) is 15.0. The van der Waals surface area contributed by atoms with Crippen LogP contribution >= 0.6 is 0 Å². The van der Waals surface area contributed by atoms with E-state index in [1.165, 1.54) is 6.92 Å². The highest BCUT2D eigenvalue weighted by molar-refractivity contribution is 5.90. The Morgan fingerprint density at radius 2 is 2.05 bits per heavy atom. The number of carboxylic acid groups (broad SMARTS) is 1. The quantitative estimate of drug-likeness (QED) is 0.709. The molecule has 0 aromatic heterocycles. The molecule has 1 unspecified atom stereocenters. The van der Waals surface area contributed by atoms with Crippen LogP contribution in [0.2, 0.25) is 0 Å². The van der Waals surface area contributed by atoms with Crippen LogP contribution in [0.1, 0.15) is 12.5 Å². The lowest BCUT2D eigenvalue weighted by molar-refractivity contribution is -0.140. The molecule has 1 aromatic rings. The summed E-state index contributed by atoms with van der Waals surface area (Å²) in [5.74, 6) is -1.56. The summed E-state index contributed by atoms with van der Waals surface area (Å²) in [5, 5.41) is 14.0. The van der Waals surface area contributed by atoms with E-state index in [-0.39, 0.29) is 6.54 Å². The van der Waals surface area contributed by atoms with Crippen LogP contribution in [0.25, 0.3) is 0 Å². The van der Waals surface area contributed by atoms with Crippen molar-refractivity contribution < 1.29 is 19.4 Å². The van der Waals surface area contributed by atoms with Crippen molar-refractivity contribution >= 4 is 17.7 Å². The van der Waals surface area contributed by atoms with Gasteiger partial charge in [0.2, 0.25) is 0 Å². The Balaban J connectivity index is 2.55. The highest BCUT2D eigenvalue weighted by Gasteiger charge is 2.12. The van der Waals surface area contributed by atoms with E-state index >= 15 is 0 Å². The molecule has 6 heteroatoms. The minimum atomic E-state index is -0.939. The number of aliphatic carboxylic acids is 1. The first-order chi connectivity index (χ1) is 9.54. The maximum Gasteiger partial charge on any atom is 0.319 e. The highest BCUT2D eigenvalue weighted by Crippen LogP contribution is 2.15. The van der Waals surface area contributed by atoms with E-state index in [4.69, 9.17) is 9.84 Å². The second-order valence-corrected chi connectivity index (χ2v) is 4.47. The second-order valence-electron chi connectivity index (χ2n) is 4.47. The first-order valence-corrected chi connectivity index (χ1v) is 6.39. The number of amides is 2. The first-order valence-electron chi connectivity index (χ1n) is 6.39. The zero-order valence-electron chi connectivity index (χ0n) is 11.7. The number of carbonyl (C=O) groups excluding carboxylic acids is 1. The average molecular weight is 280 g/mol. The fraction of sp³-hybridized carbons (Fsp3) is 0.429. The number of nitrogens with one attached hydrogen (secondary N) is 2. The summed E-state index contributed by atoms with van der Waals surface area (Å²) in [6.07, 6.45) is 0.693. The minimum absolute atomic E-state index is 0.0847. The summed E-state index contributed by atoms with van der Waals surface area (Å²) < 4.78 is 5.02. The van der Waals surface area contributed by atoms with Gasteiger partial charge in [-0.1, -0.05) is 25.1 Å². The van der Waals surface area contributed by atoms with Gasteiger partial charge in [-0.15, -0.1) is 0 Å². The fourth-order valence-electron chi connectivity index (χ4n) is 1.57. The van der Waals surface area contributed by atoms with Gasteiger partial charge < -0.3 is 20.5 Å². The van der Waals surface area contributed by atoms with Crippen LogP contribution in [-0.2, 0) is 16.0 Å². The van der Waals surface area contributed by atoms with Gasteiger partial charge in [-0.05, 0) is 18.1 Å². The average Bonchev–Trinajstić information content (AvgIpc) is 2.43. The topological polar surface area (TPSA) is 87.7 Å². The number of benzene rings is 1. The standard InChI is InChI=1S/C14H20N2O4/c1-10(13(17)18)9-15-14(19)16-12-6-4-3-5-11(12)7-8-20-2/h3-6,10H,7-9H2,1-2H3,(H,17,18)(H2,15,16,19). The normalized spacial score (nSPS) is 11.7. The molecule has 1 aromatic carbocycles. The molecular formula is C14H20N2O4. The predicted octanol–water partition coefficient (Wildman–Crippen LogP) is 1.72. The molecule has 1 rings (SSSR count). The monoisotopic (exact) mass is 280 g/mol. The van der Waals surface area contributed by atoms with Crippen molar-refractivity contribution in [3.8, 4) is 0 Å². The largest absolute Gasteiger partial charge is 0.481 e. The van der Waals surface area contributed by atoms with Gasteiger partial charge in [-0.2, -0.15) is 0 Å². The Morgan fingerprint density at radius 3 is 2.70 bits per heavy atom. The Labute approximate surface area is 118 Å². The molecule has 0 spiro atoms. The number of para-hydroxylation sites is 1. The summed E-state index contributed by atoms with van der Waals surface area (Å²) in [4.78, 5) is 22.4. The molecule has 0 bridgehead atoms. The third-order valence-electron chi connectivity index (χ3n) is 2.83. The predicted molar refractivity (Wildman–Crippen MR) is 75.8 cm³/mol. The van der Waals surface area contributed by atoms with E-state index in [1.54, 1.807) is 13.2 Å². The van der Waals surface area contributed by atoms with E-state index in [9.17, 15) is 9.59 Å². The molecule has 0 radical (unpaired) electrons. The van der Waals surface area contributed by atoms with Crippen LogP contribution in [0.15, 0.2) is 24.3 Å². The minimum Gasteiger partial charge on any atom is -0.481 e. The number of carboxylic acids is 1. The number of rotatable bonds is 7. The van der Waals surface area contributed by atoms with E-state index in [0.717, 1.165) is 5.56 Å². The fourth-order valence-corrected chi connectivity index (χ4v) is 1.57. The van der Waals surface area contributed by atoms with Gasteiger partial charge in [0.25, 0.3) is 0 Å². The summed E-state index contributed by atoms with van der Waals surface area (Å²) >= 11 is 0. The first kappa shape index (κ1) is 16.0. The van der Waals surface area contributed by atoms with Gasteiger partial charge in [-0.25, -0.2) is 4.79 Å². The van der Waals surface area contributed by atoms with Gasteiger partial charge >= 0.3 is 12.0 Å². The number of urea groups is 1. The lowest BCUT2D eigenvalue weighted by Crippen LogP contribution is -2.34. The van der Waals surface area contributed by atoms with E-state index < -0.39 is 17.9 Å². The molecule has 0 saturated heterocycles. The highest BCUT2D eigenvalue weighted by atomic mass is 16.5. The van der Waals surface area contributed by atoms with Crippen molar-refractivity contribution in [3.63, 3.8) is 0 Å². The van der Waals surface area contributed by atoms with Crippen molar-refractivity contribution in [2.24, 2.45) is 5.92 Å². The Kier molecular flexibility index (Phi) is 6.52. The van der Waals surface area contributed by atoms with Crippen molar-refractivity contribution in [1.29, 1.82) is 0 Å². The molecule has 1 atom stereocenters. The molecule has 0 aliphatic heterocycles. The van der Waals surface area contributed by atoms with E-state index in [2.05, 4.69) is 10.6 Å². The Bertz CT molecular complexity index is 462. The van der Waals surface area contributed by atoms with Crippen molar-refractivity contribution in [2.75, 3.05) is 25.6 Å². The molecule has 3 N–H and O–H groups in total. The summed E-state index contributed by atoms with van der Waals surface area (Å²) in [6.45, 7) is 2.19. The number of ether oxygens (including phenoxy) is 1. The molecule has 0 aliphatic carbocycles. The number of anilines is 1. The molecule has 20 heavy (non-hydrogen) atoms. The molecule has 2 amide bonds. The van der Waals surface area contributed by atoms with E-state index in [1.807, 2.05) is 18.2 Å². The Morgan fingerprint density at radius 1 is 1.35 bits per heavy atom. The number of hydrogen-bond donors (Lipinski definition) is 3. The smallest absolute Gasteiger partial charge is 0.319 e.